The standard InChI is InChI=1S/C18H34N2/c1-3-14-4-8-18(9-5-14)20(2)11-10-15-12-16-6-7-17(13-15)19-16/h14-19H,3-13H2,1-2H3. The van der Waals surface area contributed by atoms with Crippen LogP contribution >= 0.6 is 0 Å². The lowest BCUT2D eigenvalue weighted by Gasteiger charge is -2.36. The van der Waals surface area contributed by atoms with Crippen LogP contribution in [0.3, 0.4) is 0 Å². The summed E-state index contributed by atoms with van der Waals surface area (Å²) < 4.78 is 0. The summed E-state index contributed by atoms with van der Waals surface area (Å²) in [5.74, 6) is 2.03. The van der Waals surface area contributed by atoms with Crippen LogP contribution in [-0.2, 0) is 0 Å². The molecule has 0 spiro atoms. The number of hydrogen-bond donors (Lipinski definition) is 1. The molecule has 2 aliphatic heterocycles. The predicted molar refractivity (Wildman–Crippen MR) is 86.0 cm³/mol. The van der Waals surface area contributed by atoms with E-state index < -0.39 is 0 Å². The Hall–Kier alpha value is -0.0800. The van der Waals surface area contributed by atoms with Gasteiger partial charge in [0.1, 0.15) is 0 Å². The van der Waals surface area contributed by atoms with E-state index in [2.05, 4.69) is 24.2 Å². The second-order valence-electron chi connectivity index (χ2n) is 7.83. The third-order valence-electron chi connectivity index (χ3n) is 6.48. The van der Waals surface area contributed by atoms with Crippen LogP contribution < -0.4 is 5.32 Å². The van der Waals surface area contributed by atoms with Gasteiger partial charge in [-0.05, 0) is 83.2 Å². The summed E-state index contributed by atoms with van der Waals surface area (Å²) in [6.07, 6.45) is 14.5. The Morgan fingerprint density at radius 1 is 0.900 bits per heavy atom. The van der Waals surface area contributed by atoms with Gasteiger partial charge in [-0.3, -0.25) is 0 Å². The molecular weight excluding hydrogens is 244 g/mol. The maximum absolute atomic E-state index is 3.77. The largest absolute Gasteiger partial charge is 0.311 e. The van der Waals surface area contributed by atoms with Gasteiger partial charge in [-0.25, -0.2) is 0 Å². The first-order valence-corrected chi connectivity index (χ1v) is 9.21. The smallest absolute Gasteiger partial charge is 0.00924 e. The minimum atomic E-state index is 0.865. The Balaban J connectivity index is 1.38. The summed E-state index contributed by atoms with van der Waals surface area (Å²) in [7, 11) is 2.38. The zero-order valence-corrected chi connectivity index (χ0v) is 13.6. The molecule has 1 saturated carbocycles. The highest BCUT2D eigenvalue weighted by Gasteiger charge is 2.33. The number of fused-ring (bicyclic) bond motifs is 2. The summed E-state index contributed by atoms with van der Waals surface area (Å²) in [5, 5.41) is 3.77. The van der Waals surface area contributed by atoms with E-state index in [1.807, 2.05) is 0 Å². The molecule has 2 heteroatoms. The number of piperidine rings is 1. The number of nitrogens with one attached hydrogen (secondary N) is 1. The molecule has 3 fully saturated rings. The highest BCUT2D eigenvalue weighted by Crippen LogP contribution is 2.33. The van der Waals surface area contributed by atoms with Crippen molar-refractivity contribution < 1.29 is 0 Å². The van der Waals surface area contributed by atoms with E-state index in [4.69, 9.17) is 0 Å². The lowest BCUT2D eigenvalue weighted by Crippen LogP contribution is -2.40. The van der Waals surface area contributed by atoms with Gasteiger partial charge in [0.25, 0.3) is 0 Å². The Bertz CT molecular complexity index is 284. The molecule has 1 aliphatic carbocycles. The molecule has 0 aromatic heterocycles. The summed E-state index contributed by atoms with van der Waals surface area (Å²) in [6.45, 7) is 3.70. The van der Waals surface area contributed by atoms with E-state index in [1.165, 1.54) is 70.8 Å². The van der Waals surface area contributed by atoms with Crippen LogP contribution in [0, 0.1) is 11.8 Å². The zero-order valence-electron chi connectivity index (χ0n) is 13.6. The number of rotatable bonds is 5. The van der Waals surface area contributed by atoms with Gasteiger partial charge in [-0.2, -0.15) is 0 Å². The van der Waals surface area contributed by atoms with Crippen molar-refractivity contribution in [2.24, 2.45) is 11.8 Å². The van der Waals surface area contributed by atoms with Crippen LogP contribution in [0.5, 0.6) is 0 Å². The Morgan fingerprint density at radius 3 is 2.15 bits per heavy atom. The molecule has 0 amide bonds. The van der Waals surface area contributed by atoms with Crippen molar-refractivity contribution in [1.29, 1.82) is 0 Å². The fourth-order valence-electron chi connectivity index (χ4n) is 4.97. The van der Waals surface area contributed by atoms with Gasteiger partial charge >= 0.3 is 0 Å². The minimum absolute atomic E-state index is 0.865. The predicted octanol–water partition coefficient (Wildman–Crippen LogP) is 3.81. The first-order chi connectivity index (χ1) is 9.74. The van der Waals surface area contributed by atoms with Crippen LogP contribution in [0.15, 0.2) is 0 Å². The summed E-state index contributed by atoms with van der Waals surface area (Å²) in [5.41, 5.74) is 0. The first kappa shape index (κ1) is 14.8. The van der Waals surface area contributed by atoms with Crippen molar-refractivity contribution in [2.45, 2.75) is 89.3 Å². The van der Waals surface area contributed by atoms with Gasteiger partial charge in [-0.15, -0.1) is 0 Å². The molecule has 1 N–H and O–H groups in total. The lowest BCUT2D eigenvalue weighted by atomic mass is 9.83. The van der Waals surface area contributed by atoms with E-state index in [0.717, 1.165) is 30.0 Å². The van der Waals surface area contributed by atoms with E-state index in [0.29, 0.717) is 0 Å². The molecule has 2 atom stereocenters. The van der Waals surface area contributed by atoms with Crippen molar-refractivity contribution in [1.82, 2.24) is 10.2 Å². The van der Waals surface area contributed by atoms with Gasteiger partial charge in [0.2, 0.25) is 0 Å². The maximum atomic E-state index is 3.77. The summed E-state index contributed by atoms with van der Waals surface area (Å²) in [4.78, 5) is 2.69. The van der Waals surface area contributed by atoms with Gasteiger partial charge in [0.15, 0.2) is 0 Å². The maximum Gasteiger partial charge on any atom is 0.00924 e. The second-order valence-corrected chi connectivity index (χ2v) is 7.83. The average Bonchev–Trinajstić information content (AvgIpc) is 2.83. The molecule has 2 unspecified atom stereocenters. The van der Waals surface area contributed by atoms with E-state index in [-0.39, 0.29) is 0 Å². The Labute approximate surface area is 125 Å². The molecule has 2 heterocycles. The van der Waals surface area contributed by atoms with Crippen molar-refractivity contribution in [3.05, 3.63) is 0 Å². The van der Waals surface area contributed by atoms with Gasteiger partial charge in [0.05, 0.1) is 0 Å². The van der Waals surface area contributed by atoms with Crippen LogP contribution in [0.4, 0.5) is 0 Å². The molecule has 0 radical (unpaired) electrons. The fraction of sp³-hybridized carbons (Fsp3) is 1.00. The number of nitrogens with zero attached hydrogens (tertiary/aromatic N) is 1. The average molecular weight is 278 g/mol. The van der Waals surface area contributed by atoms with Crippen molar-refractivity contribution >= 4 is 0 Å². The topological polar surface area (TPSA) is 15.3 Å². The summed E-state index contributed by atoms with van der Waals surface area (Å²) in [6, 6.07) is 2.62. The molecule has 2 saturated heterocycles. The highest BCUT2D eigenvalue weighted by atomic mass is 15.1. The highest BCUT2D eigenvalue weighted by molar-refractivity contribution is 4.92. The quantitative estimate of drug-likeness (QED) is 0.822. The van der Waals surface area contributed by atoms with Gasteiger partial charge in [0, 0.05) is 18.1 Å². The SMILES string of the molecule is CCC1CCC(N(C)CCC2CC3CCC(C2)N3)CC1. The first-order valence-electron chi connectivity index (χ1n) is 9.21. The fourth-order valence-corrected chi connectivity index (χ4v) is 4.97. The van der Waals surface area contributed by atoms with Gasteiger partial charge < -0.3 is 10.2 Å². The van der Waals surface area contributed by atoms with Crippen LogP contribution in [-0.4, -0.2) is 36.6 Å². The second kappa shape index (κ2) is 6.79. The molecule has 116 valence electrons. The third-order valence-corrected chi connectivity index (χ3v) is 6.48. The molecule has 2 bridgehead atoms. The van der Waals surface area contributed by atoms with Crippen molar-refractivity contribution in [2.75, 3.05) is 13.6 Å². The minimum Gasteiger partial charge on any atom is -0.311 e. The molecule has 3 rings (SSSR count). The van der Waals surface area contributed by atoms with E-state index in [1.54, 1.807) is 0 Å². The Morgan fingerprint density at radius 2 is 1.55 bits per heavy atom. The van der Waals surface area contributed by atoms with E-state index >= 15 is 0 Å². The number of hydrogen-bond acceptors (Lipinski definition) is 2. The molecule has 0 aromatic rings. The van der Waals surface area contributed by atoms with Gasteiger partial charge in [-0.1, -0.05) is 13.3 Å². The van der Waals surface area contributed by atoms with Crippen molar-refractivity contribution in [3.63, 3.8) is 0 Å². The molecule has 2 nitrogen and oxygen atoms in total. The molecule has 0 aromatic carbocycles. The normalized spacial score (nSPS) is 41.2. The van der Waals surface area contributed by atoms with Crippen LogP contribution in [0.1, 0.15) is 71.1 Å². The van der Waals surface area contributed by atoms with E-state index in [9.17, 15) is 0 Å². The zero-order chi connectivity index (χ0) is 13.9. The van der Waals surface area contributed by atoms with Crippen LogP contribution in [0.25, 0.3) is 0 Å². The lowest BCUT2D eigenvalue weighted by molar-refractivity contribution is 0.148. The Kier molecular flexibility index (Phi) is 5.04. The molecule has 20 heavy (non-hydrogen) atoms. The third kappa shape index (κ3) is 3.57. The van der Waals surface area contributed by atoms with Crippen LogP contribution in [0.2, 0.25) is 0 Å². The molecule has 3 aliphatic rings. The van der Waals surface area contributed by atoms with Crippen molar-refractivity contribution in [3.8, 4) is 0 Å². The molecular formula is C18H34N2. The summed E-state index contributed by atoms with van der Waals surface area (Å²) >= 11 is 0. The monoisotopic (exact) mass is 278 g/mol.